The second-order valence-corrected chi connectivity index (χ2v) is 9.28. The molecule has 0 spiro atoms. The van der Waals surface area contributed by atoms with Crippen molar-refractivity contribution in [1.82, 2.24) is 9.29 Å². The van der Waals surface area contributed by atoms with Crippen molar-refractivity contribution in [2.75, 3.05) is 25.5 Å². The zero-order valence-electron chi connectivity index (χ0n) is 17.1. The van der Waals surface area contributed by atoms with Gasteiger partial charge in [0.15, 0.2) is 0 Å². The van der Waals surface area contributed by atoms with Crippen LogP contribution in [0.25, 0.3) is 10.9 Å². The number of nitrogens with one attached hydrogen (secondary N) is 2. The quantitative estimate of drug-likeness (QED) is 0.633. The second kappa shape index (κ2) is 8.52. The SMILES string of the molecule is COc1ccc(NC(=O)c2cc(=O)[nH]c3ccccc23)cc1S(=O)(=O)N1CCCCC1. The van der Waals surface area contributed by atoms with Crippen LogP contribution in [0.5, 0.6) is 5.75 Å². The first-order valence-corrected chi connectivity index (χ1v) is 11.5. The summed E-state index contributed by atoms with van der Waals surface area (Å²) in [6.07, 6.45) is 2.63. The lowest BCUT2D eigenvalue weighted by atomic mass is 10.1. The first kappa shape index (κ1) is 21.1. The Morgan fingerprint density at radius 1 is 1.06 bits per heavy atom. The lowest BCUT2D eigenvalue weighted by Gasteiger charge is -2.26. The number of sulfonamides is 1. The summed E-state index contributed by atoms with van der Waals surface area (Å²) in [7, 11) is -2.36. The molecule has 31 heavy (non-hydrogen) atoms. The van der Waals surface area contributed by atoms with Crippen LogP contribution in [-0.2, 0) is 10.0 Å². The second-order valence-electron chi connectivity index (χ2n) is 7.38. The standard InChI is InChI=1S/C22H23N3O5S/c1-30-19-10-9-15(13-20(19)31(28,29)25-11-5-2-6-12-25)23-22(27)17-14-21(26)24-18-8-4-3-7-16(17)18/h3-4,7-10,13-14H,2,5-6,11-12H2,1H3,(H,23,27)(H,24,26). The number of hydrogen-bond acceptors (Lipinski definition) is 5. The number of benzene rings is 2. The minimum absolute atomic E-state index is 0.00506. The van der Waals surface area contributed by atoms with Gasteiger partial charge in [0.05, 0.1) is 12.7 Å². The Labute approximate surface area is 179 Å². The number of H-pyrrole nitrogens is 1. The first-order chi connectivity index (χ1) is 14.9. The number of ether oxygens (including phenoxy) is 1. The van der Waals surface area contributed by atoms with Crippen LogP contribution in [-0.4, -0.2) is 43.8 Å². The van der Waals surface area contributed by atoms with E-state index in [0.717, 1.165) is 19.3 Å². The molecular formula is C22H23N3O5S. The highest BCUT2D eigenvalue weighted by Crippen LogP contribution is 2.31. The van der Waals surface area contributed by atoms with Crippen LogP contribution in [0.4, 0.5) is 5.69 Å². The van der Waals surface area contributed by atoms with Crippen molar-refractivity contribution in [3.05, 3.63) is 64.4 Å². The third-order valence-electron chi connectivity index (χ3n) is 5.35. The van der Waals surface area contributed by atoms with E-state index in [2.05, 4.69) is 10.3 Å². The number of para-hydroxylation sites is 1. The number of methoxy groups -OCH3 is 1. The van der Waals surface area contributed by atoms with Crippen molar-refractivity contribution in [3.63, 3.8) is 0 Å². The molecule has 0 unspecified atom stereocenters. The number of aromatic nitrogens is 1. The van der Waals surface area contributed by atoms with E-state index in [1.165, 1.54) is 29.6 Å². The van der Waals surface area contributed by atoms with Gasteiger partial charge < -0.3 is 15.0 Å². The van der Waals surface area contributed by atoms with E-state index >= 15 is 0 Å². The predicted molar refractivity (Wildman–Crippen MR) is 118 cm³/mol. The Kier molecular flexibility index (Phi) is 5.79. The molecule has 0 radical (unpaired) electrons. The van der Waals surface area contributed by atoms with E-state index < -0.39 is 21.5 Å². The number of aromatic amines is 1. The zero-order chi connectivity index (χ0) is 22.0. The minimum atomic E-state index is -3.77. The van der Waals surface area contributed by atoms with E-state index in [0.29, 0.717) is 29.7 Å². The number of carbonyl (C=O) groups is 1. The van der Waals surface area contributed by atoms with Crippen molar-refractivity contribution in [3.8, 4) is 5.75 Å². The fraction of sp³-hybridized carbons (Fsp3) is 0.273. The topological polar surface area (TPSA) is 109 Å². The van der Waals surface area contributed by atoms with E-state index in [4.69, 9.17) is 4.74 Å². The van der Waals surface area contributed by atoms with Gasteiger partial charge in [-0.2, -0.15) is 4.31 Å². The molecule has 1 fully saturated rings. The molecule has 1 amide bonds. The van der Waals surface area contributed by atoms with Crippen molar-refractivity contribution >= 4 is 32.5 Å². The van der Waals surface area contributed by atoms with Crippen molar-refractivity contribution in [2.24, 2.45) is 0 Å². The number of carbonyl (C=O) groups excluding carboxylic acids is 1. The van der Waals surface area contributed by atoms with Crippen molar-refractivity contribution in [1.29, 1.82) is 0 Å². The molecule has 2 aromatic carbocycles. The molecule has 0 atom stereocenters. The van der Waals surface area contributed by atoms with Gasteiger partial charge in [-0.3, -0.25) is 9.59 Å². The summed E-state index contributed by atoms with van der Waals surface area (Å²) < 4.78 is 33.1. The van der Waals surface area contributed by atoms with Crippen molar-refractivity contribution < 1.29 is 17.9 Å². The average molecular weight is 442 g/mol. The highest BCUT2D eigenvalue weighted by atomic mass is 32.2. The van der Waals surface area contributed by atoms with Gasteiger partial charge in [-0.25, -0.2) is 8.42 Å². The highest BCUT2D eigenvalue weighted by molar-refractivity contribution is 7.89. The van der Waals surface area contributed by atoms with E-state index in [1.807, 2.05) is 0 Å². The van der Waals surface area contributed by atoms with Gasteiger partial charge in [0.25, 0.3) is 5.91 Å². The van der Waals surface area contributed by atoms with Gasteiger partial charge in [-0.05, 0) is 37.1 Å². The number of nitrogens with zero attached hydrogens (tertiary/aromatic N) is 1. The van der Waals surface area contributed by atoms with Crippen LogP contribution >= 0.6 is 0 Å². The van der Waals surface area contributed by atoms with Gasteiger partial charge in [0.2, 0.25) is 15.6 Å². The van der Waals surface area contributed by atoms with Crippen LogP contribution in [0, 0.1) is 0 Å². The molecule has 0 saturated carbocycles. The number of rotatable bonds is 5. The third kappa shape index (κ3) is 4.19. The summed E-state index contributed by atoms with van der Waals surface area (Å²) in [6, 6.07) is 12.7. The number of amides is 1. The smallest absolute Gasteiger partial charge is 0.256 e. The van der Waals surface area contributed by atoms with E-state index in [-0.39, 0.29) is 16.2 Å². The molecular weight excluding hydrogens is 418 g/mol. The summed E-state index contributed by atoms with van der Waals surface area (Å²) in [5, 5.41) is 3.31. The first-order valence-electron chi connectivity index (χ1n) is 10.0. The average Bonchev–Trinajstić information content (AvgIpc) is 2.79. The zero-order valence-corrected chi connectivity index (χ0v) is 17.9. The molecule has 1 aliphatic rings. The predicted octanol–water partition coefficient (Wildman–Crippen LogP) is 2.96. The number of anilines is 1. The number of fused-ring (bicyclic) bond motifs is 1. The van der Waals surface area contributed by atoms with Gasteiger partial charge in [0.1, 0.15) is 10.6 Å². The molecule has 2 N–H and O–H groups in total. The summed E-state index contributed by atoms with van der Waals surface area (Å²) in [6.45, 7) is 0.918. The molecule has 0 bridgehead atoms. The molecule has 2 heterocycles. The van der Waals surface area contributed by atoms with Gasteiger partial charge in [-0.1, -0.05) is 24.6 Å². The van der Waals surface area contributed by atoms with Crippen LogP contribution in [0.2, 0.25) is 0 Å². The summed E-state index contributed by atoms with van der Waals surface area (Å²) in [4.78, 5) is 27.6. The fourth-order valence-corrected chi connectivity index (χ4v) is 5.49. The van der Waals surface area contributed by atoms with Gasteiger partial charge >= 0.3 is 0 Å². The van der Waals surface area contributed by atoms with Crippen molar-refractivity contribution in [2.45, 2.75) is 24.2 Å². The largest absolute Gasteiger partial charge is 0.495 e. The summed E-state index contributed by atoms with van der Waals surface area (Å²) in [5.41, 5.74) is 0.650. The molecule has 1 aromatic heterocycles. The Balaban J connectivity index is 1.70. The molecule has 1 aliphatic heterocycles. The summed E-state index contributed by atoms with van der Waals surface area (Å²) >= 11 is 0. The normalized spacial score (nSPS) is 15.0. The molecule has 0 aliphatic carbocycles. The Morgan fingerprint density at radius 3 is 2.55 bits per heavy atom. The van der Waals surface area contributed by atoms with Crippen LogP contribution in [0.15, 0.2) is 58.2 Å². The molecule has 9 heteroatoms. The van der Waals surface area contributed by atoms with E-state index in [9.17, 15) is 18.0 Å². The number of pyridine rings is 1. The molecule has 3 aromatic rings. The molecule has 1 saturated heterocycles. The van der Waals surface area contributed by atoms with E-state index in [1.54, 1.807) is 30.3 Å². The molecule has 162 valence electrons. The highest BCUT2D eigenvalue weighted by Gasteiger charge is 2.29. The maximum absolute atomic E-state index is 13.2. The van der Waals surface area contributed by atoms with Gasteiger partial charge in [-0.15, -0.1) is 0 Å². The fourth-order valence-electron chi connectivity index (χ4n) is 3.79. The summed E-state index contributed by atoms with van der Waals surface area (Å²) in [5.74, 6) is -0.293. The molecule has 4 rings (SSSR count). The number of piperidine rings is 1. The Hall–Kier alpha value is -3.17. The minimum Gasteiger partial charge on any atom is -0.495 e. The maximum atomic E-state index is 13.2. The van der Waals surface area contributed by atoms with Gasteiger partial charge in [0, 0.05) is 35.7 Å². The Bertz CT molecular complexity index is 1290. The van der Waals surface area contributed by atoms with Crippen LogP contribution in [0.1, 0.15) is 29.6 Å². The monoisotopic (exact) mass is 441 g/mol. The van der Waals surface area contributed by atoms with Crippen LogP contribution in [0.3, 0.4) is 0 Å². The Morgan fingerprint density at radius 2 is 1.81 bits per heavy atom. The molecule has 8 nitrogen and oxygen atoms in total. The maximum Gasteiger partial charge on any atom is 0.256 e. The lowest BCUT2D eigenvalue weighted by Crippen LogP contribution is -2.35. The van der Waals surface area contributed by atoms with Crippen LogP contribution < -0.4 is 15.6 Å². The third-order valence-corrected chi connectivity index (χ3v) is 7.27. The number of hydrogen-bond donors (Lipinski definition) is 2. The lowest BCUT2D eigenvalue weighted by molar-refractivity contribution is 0.102.